The molecule has 0 unspecified atom stereocenters. The van der Waals surface area contributed by atoms with E-state index in [0.29, 0.717) is 16.8 Å². The van der Waals surface area contributed by atoms with Gasteiger partial charge in [-0.3, -0.25) is 4.79 Å². The van der Waals surface area contributed by atoms with Crippen molar-refractivity contribution >= 4 is 23.0 Å². The third-order valence-corrected chi connectivity index (χ3v) is 3.73. The number of nitrogens with zero attached hydrogens (tertiary/aromatic N) is 3. The molecule has 128 valence electrons. The number of benzene rings is 1. The first-order valence-electron chi connectivity index (χ1n) is 7.67. The minimum absolute atomic E-state index is 0.254. The molecule has 0 aliphatic rings. The zero-order chi connectivity index (χ0) is 18.0. The Morgan fingerprint density at radius 2 is 1.92 bits per heavy atom. The highest BCUT2D eigenvalue weighted by Crippen LogP contribution is 2.27. The average molecular weight is 339 g/mol. The van der Waals surface area contributed by atoms with Crippen LogP contribution < -0.4 is 0 Å². The Kier molecular flexibility index (Phi) is 4.47. The molecule has 1 amide bonds. The number of aromatic nitrogens is 2. The first kappa shape index (κ1) is 16.6. The summed E-state index contributed by atoms with van der Waals surface area (Å²) in [7, 11) is 3.19. The van der Waals surface area contributed by atoms with Gasteiger partial charge in [0.05, 0.1) is 22.3 Å². The van der Waals surface area contributed by atoms with E-state index in [1.54, 1.807) is 27.1 Å². The van der Waals surface area contributed by atoms with Crippen LogP contribution in [0.25, 0.3) is 22.4 Å². The Hall–Kier alpha value is -3.22. The number of likely N-dealkylation sites (N-methyl/N-ethyl adjacent to an activating group) is 1. The highest BCUT2D eigenvalue weighted by Gasteiger charge is 2.21. The molecule has 0 aliphatic heterocycles. The van der Waals surface area contributed by atoms with E-state index in [0.717, 1.165) is 5.56 Å². The predicted octanol–water partition coefficient (Wildman–Crippen LogP) is 2.44. The standard InChI is InChI=1S/C18H17N3O4/c1-11-16-13(18(23)24-10-15(22)21(2)3)9-14(19-17(16)25-20-11)12-7-5-4-6-8-12/h4-9H,10H2,1-3H3. The van der Waals surface area contributed by atoms with Crippen molar-refractivity contribution < 1.29 is 18.8 Å². The second-order valence-corrected chi connectivity index (χ2v) is 5.73. The molecule has 7 heteroatoms. The number of carbonyl (C=O) groups is 2. The van der Waals surface area contributed by atoms with Crippen LogP contribution in [0.1, 0.15) is 16.1 Å². The normalized spacial score (nSPS) is 10.7. The zero-order valence-electron chi connectivity index (χ0n) is 14.1. The number of esters is 1. The molecule has 0 bridgehead atoms. The van der Waals surface area contributed by atoms with Gasteiger partial charge in [0, 0.05) is 19.7 Å². The van der Waals surface area contributed by atoms with Gasteiger partial charge in [-0.1, -0.05) is 35.5 Å². The molecule has 3 rings (SSSR count). The average Bonchev–Trinajstić information content (AvgIpc) is 3.00. The summed E-state index contributed by atoms with van der Waals surface area (Å²) in [6.45, 7) is 1.39. The summed E-state index contributed by atoms with van der Waals surface area (Å²) in [6.07, 6.45) is 0. The molecular weight excluding hydrogens is 322 g/mol. The lowest BCUT2D eigenvalue weighted by atomic mass is 10.1. The van der Waals surface area contributed by atoms with Gasteiger partial charge in [-0.2, -0.15) is 0 Å². The number of fused-ring (bicyclic) bond motifs is 1. The van der Waals surface area contributed by atoms with Crippen LogP contribution in [-0.2, 0) is 9.53 Å². The zero-order valence-corrected chi connectivity index (χ0v) is 14.1. The minimum atomic E-state index is -0.619. The van der Waals surface area contributed by atoms with Crippen LogP contribution in [-0.4, -0.2) is 47.6 Å². The van der Waals surface area contributed by atoms with Gasteiger partial charge in [0.1, 0.15) is 0 Å². The lowest BCUT2D eigenvalue weighted by Gasteiger charge is -2.11. The Labute approximate surface area is 144 Å². The second kappa shape index (κ2) is 6.72. The molecule has 0 fully saturated rings. The molecule has 0 N–H and O–H groups in total. The quantitative estimate of drug-likeness (QED) is 0.679. The molecule has 0 spiro atoms. The Morgan fingerprint density at radius 3 is 2.60 bits per heavy atom. The predicted molar refractivity (Wildman–Crippen MR) is 91.0 cm³/mol. The highest BCUT2D eigenvalue weighted by atomic mass is 16.5. The van der Waals surface area contributed by atoms with Crippen LogP contribution in [0.4, 0.5) is 0 Å². The lowest BCUT2D eigenvalue weighted by Crippen LogP contribution is -2.27. The number of aryl methyl sites for hydroxylation is 1. The van der Waals surface area contributed by atoms with Gasteiger partial charge in [-0.05, 0) is 13.0 Å². The fraction of sp³-hybridized carbons (Fsp3) is 0.222. The van der Waals surface area contributed by atoms with E-state index in [1.165, 1.54) is 4.90 Å². The largest absolute Gasteiger partial charge is 0.452 e. The molecule has 3 aromatic rings. The third kappa shape index (κ3) is 3.35. The summed E-state index contributed by atoms with van der Waals surface area (Å²) in [5.74, 6) is -0.921. The van der Waals surface area contributed by atoms with Gasteiger partial charge in [0.15, 0.2) is 6.61 Å². The SMILES string of the molecule is Cc1noc2nc(-c3ccccc3)cc(C(=O)OCC(=O)N(C)C)c12. The van der Waals surface area contributed by atoms with Crippen molar-refractivity contribution in [3.05, 3.63) is 47.7 Å². The summed E-state index contributed by atoms with van der Waals surface area (Å²) in [4.78, 5) is 30.0. The van der Waals surface area contributed by atoms with Crippen molar-refractivity contribution in [1.82, 2.24) is 15.0 Å². The minimum Gasteiger partial charge on any atom is -0.452 e. The lowest BCUT2D eigenvalue weighted by molar-refractivity contribution is -0.131. The van der Waals surface area contributed by atoms with Crippen LogP contribution in [0.2, 0.25) is 0 Å². The van der Waals surface area contributed by atoms with Crippen LogP contribution >= 0.6 is 0 Å². The van der Waals surface area contributed by atoms with Crippen LogP contribution in [0.3, 0.4) is 0 Å². The van der Waals surface area contributed by atoms with E-state index in [1.807, 2.05) is 30.3 Å². The maximum Gasteiger partial charge on any atom is 0.339 e. The summed E-state index contributed by atoms with van der Waals surface area (Å²) >= 11 is 0. The first-order valence-corrected chi connectivity index (χ1v) is 7.67. The summed E-state index contributed by atoms with van der Waals surface area (Å²) in [5.41, 5.74) is 2.46. The van der Waals surface area contributed by atoms with Gasteiger partial charge >= 0.3 is 5.97 Å². The molecule has 2 heterocycles. The van der Waals surface area contributed by atoms with E-state index >= 15 is 0 Å². The Morgan fingerprint density at radius 1 is 1.20 bits per heavy atom. The molecule has 7 nitrogen and oxygen atoms in total. The number of hydrogen-bond acceptors (Lipinski definition) is 6. The van der Waals surface area contributed by atoms with E-state index in [-0.39, 0.29) is 23.8 Å². The number of pyridine rings is 1. The number of ether oxygens (including phenoxy) is 1. The summed E-state index contributed by atoms with van der Waals surface area (Å²) in [5, 5.41) is 4.36. The van der Waals surface area contributed by atoms with Crippen LogP contribution in [0.15, 0.2) is 40.9 Å². The van der Waals surface area contributed by atoms with E-state index < -0.39 is 5.97 Å². The van der Waals surface area contributed by atoms with Crippen LogP contribution in [0.5, 0.6) is 0 Å². The molecule has 0 radical (unpaired) electrons. The molecule has 0 saturated carbocycles. The topological polar surface area (TPSA) is 85.5 Å². The molecule has 2 aromatic heterocycles. The number of rotatable bonds is 4. The van der Waals surface area contributed by atoms with Crippen molar-refractivity contribution in [3.63, 3.8) is 0 Å². The van der Waals surface area contributed by atoms with Gasteiger partial charge in [-0.15, -0.1) is 0 Å². The monoisotopic (exact) mass is 339 g/mol. The van der Waals surface area contributed by atoms with Crippen molar-refractivity contribution in [1.29, 1.82) is 0 Å². The molecule has 0 atom stereocenters. The van der Waals surface area contributed by atoms with Gasteiger partial charge in [0.25, 0.3) is 11.6 Å². The van der Waals surface area contributed by atoms with Crippen molar-refractivity contribution in [3.8, 4) is 11.3 Å². The fourth-order valence-corrected chi connectivity index (χ4v) is 2.35. The van der Waals surface area contributed by atoms with Gasteiger partial charge in [0.2, 0.25) is 0 Å². The van der Waals surface area contributed by atoms with E-state index in [4.69, 9.17) is 9.26 Å². The number of carbonyl (C=O) groups excluding carboxylic acids is 2. The molecule has 25 heavy (non-hydrogen) atoms. The van der Waals surface area contributed by atoms with Gasteiger partial charge < -0.3 is 14.2 Å². The van der Waals surface area contributed by atoms with Gasteiger partial charge in [-0.25, -0.2) is 9.78 Å². The molecular formula is C18H17N3O4. The first-order chi connectivity index (χ1) is 12.0. The highest BCUT2D eigenvalue weighted by molar-refractivity contribution is 6.04. The number of hydrogen-bond donors (Lipinski definition) is 0. The van der Waals surface area contributed by atoms with E-state index in [2.05, 4.69) is 10.1 Å². The fourth-order valence-electron chi connectivity index (χ4n) is 2.35. The summed E-state index contributed by atoms with van der Waals surface area (Å²) in [6, 6.07) is 11.0. The maximum atomic E-state index is 12.5. The summed E-state index contributed by atoms with van der Waals surface area (Å²) < 4.78 is 10.4. The smallest absolute Gasteiger partial charge is 0.339 e. The van der Waals surface area contributed by atoms with Crippen molar-refractivity contribution in [2.75, 3.05) is 20.7 Å². The van der Waals surface area contributed by atoms with Crippen LogP contribution in [0, 0.1) is 6.92 Å². The van der Waals surface area contributed by atoms with Crippen molar-refractivity contribution in [2.45, 2.75) is 6.92 Å². The second-order valence-electron chi connectivity index (χ2n) is 5.73. The Balaban J connectivity index is 2.02. The maximum absolute atomic E-state index is 12.5. The third-order valence-electron chi connectivity index (χ3n) is 3.73. The molecule has 1 aromatic carbocycles. The van der Waals surface area contributed by atoms with Crippen molar-refractivity contribution in [2.24, 2.45) is 0 Å². The molecule has 0 aliphatic carbocycles. The number of amides is 1. The molecule has 0 saturated heterocycles. The van der Waals surface area contributed by atoms with E-state index in [9.17, 15) is 9.59 Å². The Bertz CT molecular complexity index is 932.